The highest BCUT2D eigenvalue weighted by Crippen LogP contribution is 2.29. The van der Waals surface area contributed by atoms with Gasteiger partial charge in [0.25, 0.3) is 5.91 Å². The molecule has 1 N–H and O–H groups in total. The summed E-state index contributed by atoms with van der Waals surface area (Å²) in [6.07, 6.45) is 0.777. The molecule has 2 aromatic carbocycles. The van der Waals surface area contributed by atoms with Crippen LogP contribution in [-0.2, 0) is 16.2 Å². The van der Waals surface area contributed by atoms with Gasteiger partial charge in [-0.05, 0) is 24.6 Å². The van der Waals surface area contributed by atoms with Gasteiger partial charge in [0.05, 0.1) is 20.4 Å². The predicted octanol–water partition coefficient (Wildman–Crippen LogP) is 2.76. The minimum absolute atomic E-state index is 0.237. The van der Waals surface area contributed by atoms with Crippen molar-refractivity contribution in [1.82, 2.24) is 5.32 Å². The fraction of sp³-hybridized carbons (Fsp3) is 0.263. The van der Waals surface area contributed by atoms with Crippen LogP contribution in [0.5, 0.6) is 11.5 Å². The lowest BCUT2D eigenvalue weighted by molar-refractivity contribution is -0.131. The van der Waals surface area contributed by atoms with Crippen LogP contribution in [0.3, 0.4) is 0 Å². The van der Waals surface area contributed by atoms with E-state index in [1.54, 1.807) is 27.2 Å². The quantitative estimate of drug-likeness (QED) is 0.592. The second-order valence-electron chi connectivity index (χ2n) is 5.27. The summed E-state index contributed by atoms with van der Waals surface area (Å²) in [6, 6.07) is 15.1. The first-order chi connectivity index (χ1) is 12.2. The third-order valence-electron chi connectivity index (χ3n) is 3.52. The van der Waals surface area contributed by atoms with E-state index in [-0.39, 0.29) is 5.91 Å². The summed E-state index contributed by atoms with van der Waals surface area (Å²) in [5.41, 5.74) is 1.71. The smallest absolute Gasteiger partial charge is 0.263 e. The van der Waals surface area contributed by atoms with Crippen LogP contribution in [-0.4, -0.2) is 32.4 Å². The monoisotopic (exact) mass is 342 g/mol. The fourth-order valence-electron chi connectivity index (χ4n) is 2.17. The Balaban J connectivity index is 1.89. The molecule has 2 aromatic rings. The summed E-state index contributed by atoms with van der Waals surface area (Å²) in [4.78, 5) is 17.3. The summed E-state index contributed by atoms with van der Waals surface area (Å²) in [6.45, 7) is 2.08. The Morgan fingerprint density at radius 1 is 1.12 bits per heavy atom. The number of amides is 1. The minimum atomic E-state index is -0.712. The summed E-state index contributed by atoms with van der Waals surface area (Å²) in [7, 11) is 3.12. The molecule has 0 heterocycles. The third-order valence-corrected chi connectivity index (χ3v) is 3.52. The number of ether oxygens (including phenoxy) is 2. The number of benzene rings is 2. The van der Waals surface area contributed by atoms with Crippen molar-refractivity contribution in [2.75, 3.05) is 14.2 Å². The number of hydrogen-bond acceptors (Lipinski definition) is 5. The maximum Gasteiger partial charge on any atom is 0.263 e. The van der Waals surface area contributed by atoms with E-state index in [1.807, 2.05) is 42.5 Å². The number of carbonyl (C=O) groups is 1. The second kappa shape index (κ2) is 9.32. The van der Waals surface area contributed by atoms with Gasteiger partial charge >= 0.3 is 0 Å². The van der Waals surface area contributed by atoms with Gasteiger partial charge in [-0.1, -0.05) is 41.6 Å². The lowest BCUT2D eigenvalue weighted by Gasteiger charge is -2.11. The Hall–Kier alpha value is -3.02. The summed E-state index contributed by atoms with van der Waals surface area (Å²) < 4.78 is 10.5. The van der Waals surface area contributed by atoms with Crippen molar-refractivity contribution in [2.45, 2.75) is 19.6 Å². The SMILES string of the molecule is COc1cccc(/C=N\O[C@@H](C)C(=O)NCc2ccccc2)c1OC. The Bertz CT molecular complexity index is 717. The topological polar surface area (TPSA) is 69.2 Å². The van der Waals surface area contributed by atoms with Crippen LogP contribution in [0.4, 0.5) is 0 Å². The van der Waals surface area contributed by atoms with Crippen molar-refractivity contribution in [3.8, 4) is 11.5 Å². The molecule has 25 heavy (non-hydrogen) atoms. The predicted molar refractivity (Wildman–Crippen MR) is 96.0 cm³/mol. The summed E-state index contributed by atoms with van der Waals surface area (Å²) in [5.74, 6) is 0.914. The molecule has 0 bridgehead atoms. The first-order valence-corrected chi connectivity index (χ1v) is 7.87. The molecular formula is C19H22N2O4. The van der Waals surface area contributed by atoms with Crippen molar-refractivity contribution in [2.24, 2.45) is 5.16 Å². The van der Waals surface area contributed by atoms with Gasteiger partial charge < -0.3 is 19.6 Å². The first kappa shape index (κ1) is 18.3. The molecular weight excluding hydrogens is 320 g/mol. The molecule has 1 amide bonds. The van der Waals surface area contributed by atoms with Gasteiger partial charge in [0.2, 0.25) is 6.10 Å². The van der Waals surface area contributed by atoms with Crippen molar-refractivity contribution in [3.05, 3.63) is 59.7 Å². The zero-order valence-corrected chi connectivity index (χ0v) is 14.6. The summed E-state index contributed by atoms with van der Waals surface area (Å²) >= 11 is 0. The Morgan fingerprint density at radius 2 is 1.88 bits per heavy atom. The summed E-state index contributed by atoms with van der Waals surface area (Å²) in [5, 5.41) is 6.69. The molecule has 132 valence electrons. The molecule has 0 saturated heterocycles. The molecule has 0 unspecified atom stereocenters. The molecule has 0 saturated carbocycles. The lowest BCUT2D eigenvalue weighted by Crippen LogP contribution is -2.33. The van der Waals surface area contributed by atoms with E-state index in [4.69, 9.17) is 14.3 Å². The van der Waals surface area contributed by atoms with Crippen LogP contribution < -0.4 is 14.8 Å². The molecule has 0 aliphatic carbocycles. The van der Waals surface area contributed by atoms with Gasteiger partial charge in [0, 0.05) is 12.1 Å². The normalized spacial score (nSPS) is 11.8. The molecule has 0 radical (unpaired) electrons. The number of hydrogen-bond donors (Lipinski definition) is 1. The molecule has 0 aliphatic rings. The minimum Gasteiger partial charge on any atom is -0.493 e. The molecule has 0 aromatic heterocycles. The fourth-order valence-corrected chi connectivity index (χ4v) is 2.17. The first-order valence-electron chi connectivity index (χ1n) is 7.87. The zero-order valence-electron chi connectivity index (χ0n) is 14.6. The Labute approximate surface area is 147 Å². The molecule has 6 heteroatoms. The number of nitrogens with zero attached hydrogens (tertiary/aromatic N) is 1. The molecule has 2 rings (SSSR count). The number of oxime groups is 1. The van der Waals surface area contributed by atoms with Crippen LogP contribution in [0.1, 0.15) is 18.1 Å². The Kier molecular flexibility index (Phi) is 6.83. The number of rotatable bonds is 8. The van der Waals surface area contributed by atoms with Crippen LogP contribution in [0, 0.1) is 0 Å². The maximum absolute atomic E-state index is 12.0. The largest absolute Gasteiger partial charge is 0.493 e. The van der Waals surface area contributed by atoms with E-state index in [9.17, 15) is 4.79 Å². The number of nitrogens with one attached hydrogen (secondary N) is 1. The lowest BCUT2D eigenvalue weighted by atomic mass is 10.2. The van der Waals surface area contributed by atoms with E-state index in [0.717, 1.165) is 5.56 Å². The van der Waals surface area contributed by atoms with E-state index in [2.05, 4.69) is 10.5 Å². The van der Waals surface area contributed by atoms with Crippen molar-refractivity contribution in [3.63, 3.8) is 0 Å². The van der Waals surface area contributed by atoms with Crippen LogP contribution >= 0.6 is 0 Å². The van der Waals surface area contributed by atoms with E-state index in [0.29, 0.717) is 23.6 Å². The average Bonchev–Trinajstić information content (AvgIpc) is 2.66. The van der Waals surface area contributed by atoms with Crippen molar-refractivity contribution >= 4 is 12.1 Å². The molecule has 1 atom stereocenters. The van der Waals surface area contributed by atoms with Gasteiger partial charge in [-0.15, -0.1) is 0 Å². The number of methoxy groups -OCH3 is 2. The van der Waals surface area contributed by atoms with Gasteiger partial charge in [0.15, 0.2) is 11.5 Å². The third kappa shape index (κ3) is 5.24. The average molecular weight is 342 g/mol. The number of carbonyl (C=O) groups excluding carboxylic acids is 1. The highest BCUT2D eigenvalue weighted by atomic mass is 16.6. The second-order valence-corrected chi connectivity index (χ2v) is 5.27. The zero-order chi connectivity index (χ0) is 18.1. The standard InChI is InChI=1S/C19H22N2O4/c1-14(19(22)20-12-15-8-5-4-6-9-15)25-21-13-16-10-7-11-17(23-2)18(16)24-3/h4-11,13-14H,12H2,1-3H3,(H,20,22)/b21-13-/t14-/m0/s1. The van der Waals surface area contributed by atoms with Crippen molar-refractivity contribution in [1.29, 1.82) is 0 Å². The van der Waals surface area contributed by atoms with Gasteiger partial charge in [-0.25, -0.2) is 0 Å². The van der Waals surface area contributed by atoms with Crippen LogP contribution in [0.15, 0.2) is 53.7 Å². The highest BCUT2D eigenvalue weighted by Gasteiger charge is 2.13. The highest BCUT2D eigenvalue weighted by molar-refractivity contribution is 5.85. The van der Waals surface area contributed by atoms with Crippen molar-refractivity contribution < 1.29 is 19.1 Å². The molecule has 0 fully saturated rings. The van der Waals surface area contributed by atoms with E-state index >= 15 is 0 Å². The van der Waals surface area contributed by atoms with E-state index < -0.39 is 6.10 Å². The van der Waals surface area contributed by atoms with Gasteiger partial charge in [-0.3, -0.25) is 4.79 Å². The molecule has 6 nitrogen and oxygen atoms in total. The maximum atomic E-state index is 12.0. The molecule has 0 aliphatic heterocycles. The number of para-hydroxylation sites is 1. The van der Waals surface area contributed by atoms with Crippen LogP contribution in [0.25, 0.3) is 0 Å². The van der Waals surface area contributed by atoms with Gasteiger partial charge in [-0.2, -0.15) is 0 Å². The van der Waals surface area contributed by atoms with E-state index in [1.165, 1.54) is 6.21 Å². The Morgan fingerprint density at radius 3 is 2.56 bits per heavy atom. The molecule has 0 spiro atoms. The van der Waals surface area contributed by atoms with Gasteiger partial charge in [0.1, 0.15) is 0 Å². The van der Waals surface area contributed by atoms with Crippen LogP contribution in [0.2, 0.25) is 0 Å².